The summed E-state index contributed by atoms with van der Waals surface area (Å²) in [7, 11) is -5.02. The fourth-order valence-corrected chi connectivity index (χ4v) is 7.04. The first-order chi connectivity index (χ1) is 26.0. The Morgan fingerprint density at radius 1 is 0.593 bits per heavy atom. The van der Waals surface area contributed by atoms with Crippen molar-refractivity contribution in [3.8, 4) is 0 Å². The molecule has 0 spiro atoms. The first-order valence-electron chi connectivity index (χ1n) is 20.8. The van der Waals surface area contributed by atoms with E-state index in [1.165, 1.54) is 51.4 Å². The van der Waals surface area contributed by atoms with Crippen LogP contribution in [0.15, 0.2) is 36.5 Å². The summed E-state index contributed by atoms with van der Waals surface area (Å²) in [4.78, 5) is 23.0. The molecule has 0 amide bonds. The van der Waals surface area contributed by atoms with E-state index in [0.717, 1.165) is 77.0 Å². The monoisotopic (exact) mass is 790 g/mol. The second-order valence-electron chi connectivity index (χ2n) is 14.5. The van der Waals surface area contributed by atoms with E-state index in [-0.39, 0.29) is 13.0 Å². The molecule has 0 aromatic carbocycles. The van der Waals surface area contributed by atoms with E-state index < -0.39 is 63.1 Å². The quantitative estimate of drug-likeness (QED) is 0.0163. The Kier molecular flexibility index (Phi) is 30.6. The maximum absolute atomic E-state index is 12.8. The number of ether oxygens (including phenoxy) is 2. The number of carbonyl (C=O) groups is 1. The number of aliphatic hydroxyl groups is 5. The summed E-state index contributed by atoms with van der Waals surface area (Å²) in [6.07, 6.45) is 23.6. The number of carbonyl (C=O) groups excluding carboxylic acids is 1. The van der Waals surface area contributed by atoms with Gasteiger partial charge in [-0.25, -0.2) is 4.57 Å². The predicted molar refractivity (Wildman–Crippen MR) is 212 cm³/mol. The van der Waals surface area contributed by atoms with Crippen LogP contribution in [0.4, 0.5) is 0 Å². The summed E-state index contributed by atoms with van der Waals surface area (Å²) < 4.78 is 34.0. The Morgan fingerprint density at radius 2 is 1.06 bits per heavy atom. The molecule has 0 bridgehead atoms. The molecule has 12 nitrogen and oxygen atoms in total. The number of allylic oxidation sites excluding steroid dienone is 6. The van der Waals surface area contributed by atoms with Crippen LogP contribution in [-0.4, -0.2) is 98.9 Å². The van der Waals surface area contributed by atoms with Gasteiger partial charge >= 0.3 is 13.8 Å². The Balaban J connectivity index is 2.47. The molecule has 1 fully saturated rings. The molecule has 6 N–H and O–H groups in total. The van der Waals surface area contributed by atoms with Crippen molar-refractivity contribution in [3.05, 3.63) is 36.5 Å². The van der Waals surface area contributed by atoms with Crippen molar-refractivity contribution in [2.75, 3.05) is 19.8 Å². The highest BCUT2D eigenvalue weighted by molar-refractivity contribution is 7.47. The van der Waals surface area contributed by atoms with Crippen molar-refractivity contribution in [2.45, 2.75) is 198 Å². The lowest BCUT2D eigenvalue weighted by Crippen LogP contribution is -2.64. The molecular weight excluding hydrogens is 715 g/mol. The minimum atomic E-state index is -5.02. The van der Waals surface area contributed by atoms with Gasteiger partial charge in [-0.3, -0.25) is 13.8 Å². The molecule has 1 aliphatic carbocycles. The molecule has 316 valence electrons. The number of phosphoric ester groups is 1. The van der Waals surface area contributed by atoms with Gasteiger partial charge in [0.2, 0.25) is 0 Å². The predicted octanol–water partition coefficient (Wildman–Crippen LogP) is 7.53. The lowest BCUT2D eigenvalue weighted by atomic mass is 9.85. The van der Waals surface area contributed by atoms with Crippen LogP contribution >= 0.6 is 7.82 Å². The van der Waals surface area contributed by atoms with Gasteiger partial charge in [-0.1, -0.05) is 121 Å². The molecule has 6 unspecified atom stereocenters. The highest BCUT2D eigenvalue weighted by Crippen LogP contribution is 2.47. The minimum Gasteiger partial charge on any atom is -0.457 e. The topological polar surface area (TPSA) is 192 Å². The number of phosphoric acid groups is 1. The summed E-state index contributed by atoms with van der Waals surface area (Å²) >= 11 is 0. The van der Waals surface area contributed by atoms with Crippen molar-refractivity contribution >= 4 is 13.8 Å². The van der Waals surface area contributed by atoms with Crippen molar-refractivity contribution in [2.24, 2.45) is 0 Å². The Bertz CT molecular complexity index is 1040. The molecule has 1 saturated carbocycles. The van der Waals surface area contributed by atoms with Gasteiger partial charge in [-0.15, -0.1) is 0 Å². The van der Waals surface area contributed by atoms with Gasteiger partial charge < -0.3 is 39.9 Å². The highest BCUT2D eigenvalue weighted by Gasteiger charge is 2.51. The van der Waals surface area contributed by atoms with E-state index in [0.29, 0.717) is 13.0 Å². The summed E-state index contributed by atoms with van der Waals surface area (Å²) in [5.41, 5.74) is 0. The molecule has 0 aromatic rings. The van der Waals surface area contributed by atoms with Crippen molar-refractivity contribution in [1.82, 2.24) is 0 Å². The number of hydrogen-bond donors (Lipinski definition) is 6. The first-order valence-corrected chi connectivity index (χ1v) is 22.3. The maximum Gasteiger partial charge on any atom is 0.472 e. The number of rotatable bonds is 34. The van der Waals surface area contributed by atoms with Crippen LogP contribution in [0.2, 0.25) is 0 Å². The van der Waals surface area contributed by atoms with E-state index >= 15 is 0 Å². The van der Waals surface area contributed by atoms with Crippen LogP contribution in [0.3, 0.4) is 0 Å². The zero-order chi connectivity index (χ0) is 39.9. The Morgan fingerprint density at radius 3 is 1.63 bits per heavy atom. The highest BCUT2D eigenvalue weighted by atomic mass is 31.2. The molecular formula is C41H75O12P. The number of esters is 1. The Labute approximate surface area is 325 Å². The first kappa shape index (κ1) is 50.6. The third-order valence-corrected chi connectivity index (χ3v) is 10.5. The smallest absolute Gasteiger partial charge is 0.457 e. The second-order valence-corrected chi connectivity index (χ2v) is 15.9. The lowest BCUT2D eigenvalue weighted by molar-refractivity contribution is -0.220. The van der Waals surface area contributed by atoms with Crippen LogP contribution in [0.5, 0.6) is 0 Å². The van der Waals surface area contributed by atoms with E-state index in [4.69, 9.17) is 18.5 Å². The minimum absolute atomic E-state index is 0.0866. The van der Waals surface area contributed by atoms with Crippen LogP contribution in [0, 0.1) is 0 Å². The number of unbranched alkanes of at least 4 members (excludes halogenated alkanes) is 16. The van der Waals surface area contributed by atoms with Crippen molar-refractivity contribution in [3.63, 3.8) is 0 Å². The van der Waals surface area contributed by atoms with E-state index in [1.807, 2.05) is 0 Å². The maximum atomic E-state index is 12.8. The molecule has 0 saturated heterocycles. The van der Waals surface area contributed by atoms with Gasteiger partial charge in [0.05, 0.1) is 13.2 Å². The van der Waals surface area contributed by atoms with Crippen LogP contribution in [0.25, 0.3) is 0 Å². The largest absolute Gasteiger partial charge is 0.472 e. The molecule has 6 atom stereocenters. The summed E-state index contributed by atoms with van der Waals surface area (Å²) in [5.74, 6) is -0.495. The number of aliphatic hydroxyl groups excluding tert-OH is 5. The lowest BCUT2D eigenvalue weighted by Gasteiger charge is -2.41. The molecule has 1 aliphatic rings. The molecule has 13 heteroatoms. The standard InChI is InChI=1S/C41H75O12P/c1-3-5-7-9-11-13-15-17-18-20-22-24-26-28-30-35(42)52-34(32-50-31-29-27-25-23-21-19-16-14-12-10-8-6-4-2)33-51-54(48,49)53-41-39(46)37(44)36(43)38(45)40(41)47/h9,11-12,14-15,17,34,36-41,43-47H,3-8,10,13,16,18-33H2,1-2H3,(H,48,49)/b11-9-,14-12-,17-15-. The summed E-state index contributed by atoms with van der Waals surface area (Å²) in [5, 5.41) is 50.0. The van der Waals surface area contributed by atoms with Crippen LogP contribution in [-0.2, 0) is 27.9 Å². The molecule has 1 rings (SSSR count). The summed E-state index contributed by atoms with van der Waals surface area (Å²) in [6, 6.07) is 0. The molecule has 0 aromatic heterocycles. The average Bonchev–Trinajstić information content (AvgIpc) is 3.15. The fraction of sp³-hybridized carbons (Fsp3) is 0.829. The zero-order valence-electron chi connectivity index (χ0n) is 33.3. The van der Waals surface area contributed by atoms with Crippen molar-refractivity contribution in [1.29, 1.82) is 0 Å². The van der Waals surface area contributed by atoms with Gasteiger partial charge in [0.15, 0.2) is 0 Å². The molecule has 54 heavy (non-hydrogen) atoms. The van der Waals surface area contributed by atoms with Crippen LogP contribution < -0.4 is 0 Å². The van der Waals surface area contributed by atoms with E-state index in [2.05, 4.69) is 50.3 Å². The third kappa shape index (κ3) is 24.9. The van der Waals surface area contributed by atoms with Gasteiger partial charge in [0.1, 0.15) is 42.7 Å². The fourth-order valence-electron chi connectivity index (χ4n) is 6.07. The normalized spacial score (nSPS) is 23.8. The van der Waals surface area contributed by atoms with Gasteiger partial charge in [0.25, 0.3) is 0 Å². The molecule has 0 radical (unpaired) electrons. The molecule has 0 heterocycles. The Hall–Kier alpha value is -1.44. The van der Waals surface area contributed by atoms with E-state index in [9.17, 15) is 39.8 Å². The zero-order valence-corrected chi connectivity index (χ0v) is 34.2. The summed E-state index contributed by atoms with van der Waals surface area (Å²) in [6.45, 7) is 4.14. The SMILES string of the molecule is CCCC/C=C\C/C=C\CCCCCCCC(=O)OC(COCCCCCCCC/C=C\CCCCC)COP(=O)(O)OC1C(O)C(O)C(O)C(O)C1O. The van der Waals surface area contributed by atoms with Crippen molar-refractivity contribution < 1.29 is 58.3 Å². The van der Waals surface area contributed by atoms with Gasteiger partial charge in [0, 0.05) is 13.0 Å². The number of hydrogen-bond acceptors (Lipinski definition) is 11. The van der Waals surface area contributed by atoms with E-state index in [1.54, 1.807) is 0 Å². The third-order valence-electron chi connectivity index (χ3n) is 9.49. The molecule has 0 aliphatic heterocycles. The van der Waals surface area contributed by atoms with Crippen LogP contribution in [0.1, 0.15) is 155 Å². The second kappa shape index (κ2) is 32.6. The van der Waals surface area contributed by atoms with Gasteiger partial charge in [-0.2, -0.15) is 0 Å². The van der Waals surface area contributed by atoms with Gasteiger partial charge in [-0.05, 0) is 64.2 Å². The average molecular weight is 791 g/mol.